The number of benzene rings is 1. The predicted octanol–water partition coefficient (Wildman–Crippen LogP) is 2.08. The van der Waals surface area contributed by atoms with E-state index < -0.39 is 18.1 Å². The van der Waals surface area contributed by atoms with E-state index in [1.54, 1.807) is 18.2 Å². The number of hydrogen-bond acceptors (Lipinski definition) is 6. The lowest BCUT2D eigenvalue weighted by molar-refractivity contribution is -0.139. The van der Waals surface area contributed by atoms with Crippen LogP contribution < -0.4 is 21.1 Å². The first kappa shape index (κ1) is 27.6. The van der Waals surface area contributed by atoms with Crippen LogP contribution in [-0.4, -0.2) is 65.4 Å². The van der Waals surface area contributed by atoms with E-state index in [4.69, 9.17) is 10.5 Å². The van der Waals surface area contributed by atoms with Gasteiger partial charge in [-0.2, -0.15) is 0 Å². The monoisotopic (exact) mass is 524 g/mol. The van der Waals surface area contributed by atoms with Gasteiger partial charge in [-0.3, -0.25) is 14.4 Å². The maximum Gasteiger partial charge on any atom is 0.243 e. The van der Waals surface area contributed by atoms with Crippen LogP contribution in [0.4, 0.5) is 0 Å². The summed E-state index contributed by atoms with van der Waals surface area (Å²) in [7, 11) is 3.12. The van der Waals surface area contributed by atoms with Crippen LogP contribution in [0.1, 0.15) is 62.2 Å². The van der Waals surface area contributed by atoms with Crippen molar-refractivity contribution in [2.24, 2.45) is 17.6 Å². The molecule has 3 amide bonds. The highest BCUT2D eigenvalue weighted by molar-refractivity contribution is 5.92. The molecule has 1 saturated carbocycles. The minimum Gasteiger partial charge on any atom is -0.496 e. The highest BCUT2D eigenvalue weighted by Gasteiger charge is 2.43. The van der Waals surface area contributed by atoms with Gasteiger partial charge >= 0.3 is 0 Å². The van der Waals surface area contributed by atoms with Gasteiger partial charge in [-0.15, -0.1) is 0 Å². The zero-order valence-corrected chi connectivity index (χ0v) is 22.3. The number of likely N-dealkylation sites (N-methyl/N-ethyl adjacent to an activating group) is 1. The summed E-state index contributed by atoms with van der Waals surface area (Å²) in [5, 5.41) is 5.54. The SMILES string of the molecule is CNC(=O)[C@H](Cc1cnc[nH]1)NC(=O)[C@@H]1C[C@@H](C2CCCCC2)CN1C(=O)C[C@H](N)c1ccccc1OC. The Labute approximate surface area is 224 Å². The number of carbonyl (C=O) groups is 3. The summed E-state index contributed by atoms with van der Waals surface area (Å²) in [6, 6.07) is 5.42. The molecule has 1 saturated heterocycles. The maximum absolute atomic E-state index is 13.6. The van der Waals surface area contributed by atoms with Crippen molar-refractivity contribution in [1.29, 1.82) is 0 Å². The topological polar surface area (TPSA) is 142 Å². The normalized spacial score (nSPS) is 21.5. The van der Waals surface area contributed by atoms with E-state index >= 15 is 0 Å². The number of nitrogens with one attached hydrogen (secondary N) is 3. The number of imidazole rings is 1. The highest BCUT2D eigenvalue weighted by Crippen LogP contribution is 2.38. The van der Waals surface area contributed by atoms with Crippen LogP contribution in [0.5, 0.6) is 5.75 Å². The molecule has 0 radical (unpaired) electrons. The van der Waals surface area contributed by atoms with Crippen molar-refractivity contribution < 1.29 is 19.1 Å². The van der Waals surface area contributed by atoms with E-state index in [2.05, 4.69) is 20.6 Å². The van der Waals surface area contributed by atoms with Crippen molar-refractivity contribution in [2.45, 2.75) is 69.5 Å². The number of amides is 3. The molecule has 10 heteroatoms. The fourth-order valence-electron chi connectivity index (χ4n) is 6.00. The Balaban J connectivity index is 1.51. The molecule has 0 spiro atoms. The second-order valence-electron chi connectivity index (χ2n) is 10.5. The van der Waals surface area contributed by atoms with E-state index in [1.807, 2.05) is 24.3 Å². The number of carbonyl (C=O) groups excluding carboxylic acids is 3. The lowest BCUT2D eigenvalue weighted by Gasteiger charge is -2.28. The highest BCUT2D eigenvalue weighted by atomic mass is 16.5. The van der Waals surface area contributed by atoms with E-state index in [1.165, 1.54) is 32.6 Å². The van der Waals surface area contributed by atoms with E-state index in [0.29, 0.717) is 24.6 Å². The molecule has 1 aromatic carbocycles. The molecule has 2 fully saturated rings. The quantitative estimate of drug-likeness (QED) is 0.375. The van der Waals surface area contributed by atoms with Crippen LogP contribution in [0.2, 0.25) is 0 Å². The summed E-state index contributed by atoms with van der Waals surface area (Å²) in [6.07, 6.45) is 9.97. The summed E-state index contributed by atoms with van der Waals surface area (Å²) < 4.78 is 5.44. The fraction of sp³-hybridized carbons (Fsp3) is 0.571. The number of hydrogen-bond donors (Lipinski definition) is 4. The van der Waals surface area contributed by atoms with Gasteiger partial charge in [0.25, 0.3) is 0 Å². The number of aromatic amines is 1. The third-order valence-corrected chi connectivity index (χ3v) is 8.06. The summed E-state index contributed by atoms with van der Waals surface area (Å²) in [6.45, 7) is 0.533. The van der Waals surface area contributed by atoms with Crippen LogP contribution in [-0.2, 0) is 20.8 Å². The summed E-state index contributed by atoms with van der Waals surface area (Å²) in [4.78, 5) is 48.6. The van der Waals surface area contributed by atoms with Gasteiger partial charge in [-0.05, 0) is 24.3 Å². The van der Waals surface area contributed by atoms with Crippen molar-refractivity contribution in [3.63, 3.8) is 0 Å². The van der Waals surface area contributed by atoms with E-state index in [9.17, 15) is 14.4 Å². The molecule has 0 bridgehead atoms. The van der Waals surface area contributed by atoms with Gasteiger partial charge in [0.1, 0.15) is 17.8 Å². The van der Waals surface area contributed by atoms with Gasteiger partial charge in [-0.1, -0.05) is 50.3 Å². The van der Waals surface area contributed by atoms with Gasteiger partial charge in [0, 0.05) is 49.9 Å². The number of ether oxygens (including phenoxy) is 1. The Morgan fingerprint density at radius 1 is 1.18 bits per heavy atom. The van der Waals surface area contributed by atoms with Gasteiger partial charge in [0.05, 0.1) is 13.4 Å². The second-order valence-corrected chi connectivity index (χ2v) is 10.5. The van der Waals surface area contributed by atoms with Gasteiger partial charge in [0.2, 0.25) is 17.7 Å². The maximum atomic E-state index is 13.6. The average Bonchev–Trinajstić information content (AvgIpc) is 3.63. The first-order valence-corrected chi connectivity index (χ1v) is 13.6. The minimum absolute atomic E-state index is 0.0640. The zero-order chi connectivity index (χ0) is 27.1. The number of aromatic nitrogens is 2. The molecule has 5 N–H and O–H groups in total. The Morgan fingerprint density at radius 3 is 2.63 bits per heavy atom. The van der Waals surface area contributed by atoms with E-state index in [0.717, 1.165) is 24.1 Å². The van der Waals surface area contributed by atoms with E-state index in [-0.39, 0.29) is 36.5 Å². The van der Waals surface area contributed by atoms with Gasteiger partial charge in [-0.25, -0.2) is 4.98 Å². The molecule has 2 aliphatic rings. The first-order valence-electron chi connectivity index (χ1n) is 13.6. The molecule has 0 unspecified atom stereocenters. The second kappa shape index (κ2) is 12.9. The molecule has 38 heavy (non-hydrogen) atoms. The summed E-state index contributed by atoms with van der Waals surface area (Å²) in [5.41, 5.74) is 7.96. The molecule has 4 rings (SSSR count). The van der Waals surface area contributed by atoms with Crippen LogP contribution in [0.3, 0.4) is 0 Å². The van der Waals surface area contributed by atoms with Crippen molar-refractivity contribution in [3.05, 3.63) is 48.0 Å². The Kier molecular flexibility index (Phi) is 9.38. The number of rotatable bonds is 10. The average molecular weight is 525 g/mol. The molecule has 206 valence electrons. The third-order valence-electron chi connectivity index (χ3n) is 8.06. The van der Waals surface area contributed by atoms with Crippen molar-refractivity contribution in [3.8, 4) is 5.75 Å². The molecule has 2 heterocycles. The number of methoxy groups -OCH3 is 1. The summed E-state index contributed by atoms with van der Waals surface area (Å²) in [5.74, 6) is 0.618. The Morgan fingerprint density at radius 2 is 1.95 bits per heavy atom. The molecule has 2 aromatic rings. The Hall–Kier alpha value is -3.40. The molecule has 1 aliphatic heterocycles. The number of likely N-dealkylation sites (tertiary alicyclic amines) is 1. The van der Waals surface area contributed by atoms with Crippen LogP contribution in [0.25, 0.3) is 0 Å². The zero-order valence-electron chi connectivity index (χ0n) is 22.3. The summed E-state index contributed by atoms with van der Waals surface area (Å²) >= 11 is 0. The lowest BCUT2D eigenvalue weighted by Crippen LogP contribution is -2.53. The molecular weight excluding hydrogens is 484 g/mol. The van der Waals surface area contributed by atoms with Crippen LogP contribution in [0, 0.1) is 11.8 Å². The first-order chi connectivity index (χ1) is 18.4. The van der Waals surface area contributed by atoms with Crippen molar-refractivity contribution in [2.75, 3.05) is 20.7 Å². The smallest absolute Gasteiger partial charge is 0.243 e. The number of para-hydroxylation sites is 1. The predicted molar refractivity (Wildman–Crippen MR) is 143 cm³/mol. The van der Waals surface area contributed by atoms with Gasteiger partial charge < -0.3 is 31.0 Å². The number of H-pyrrole nitrogens is 1. The van der Waals surface area contributed by atoms with Crippen molar-refractivity contribution in [1.82, 2.24) is 25.5 Å². The number of nitrogens with two attached hydrogens (primary N) is 1. The molecule has 1 aliphatic carbocycles. The minimum atomic E-state index is -0.783. The standard InChI is InChI=1S/C28H40N6O4/c1-30-27(36)23(13-20-15-31-17-32-20)33-28(37)24-12-19(18-8-4-3-5-9-18)16-34(24)26(35)14-22(29)21-10-6-7-11-25(21)38-2/h6-7,10-11,15,17-19,22-24H,3-5,8-9,12-14,16,29H2,1-2H3,(H,30,36)(H,31,32)(H,33,37)/t19-,22+,23+,24+/m1/s1. The molecular formula is C28H40N6O4. The van der Waals surface area contributed by atoms with Crippen molar-refractivity contribution >= 4 is 17.7 Å². The number of nitrogens with zero attached hydrogens (tertiary/aromatic N) is 2. The largest absolute Gasteiger partial charge is 0.496 e. The van der Waals surface area contributed by atoms with Crippen LogP contribution >= 0.6 is 0 Å². The fourth-order valence-corrected chi connectivity index (χ4v) is 6.00. The molecule has 1 aromatic heterocycles. The molecule has 10 nitrogen and oxygen atoms in total. The third kappa shape index (κ3) is 6.53. The van der Waals surface area contributed by atoms with Crippen LogP contribution in [0.15, 0.2) is 36.8 Å². The Bertz CT molecular complexity index is 1080. The van der Waals surface area contributed by atoms with Gasteiger partial charge in [0.15, 0.2) is 0 Å². The molecule has 4 atom stereocenters. The lowest BCUT2D eigenvalue weighted by atomic mass is 9.79.